The Bertz CT molecular complexity index is 2110. The predicted octanol–water partition coefficient (Wildman–Crippen LogP) is 6.66. The standard InChI is InChI=1S/C41H49F2N5O5S/c1-4-27-30(42)9-8-25-15-26(49)16-28(32(25)27)34-33(43)35-29(17-44-34)36(48-13-14-51-22-38(2,50)20-48)46-37(45-35)52-23-39-10-5-7-31(39)47(12-6-11-39)21-40-18-41(19-40,54-3)24-53-40/h8-9,15-17,31,49-50H,4-7,10-14,18-24H2,1-3H3. The number of anilines is 1. The first kappa shape index (κ1) is 36.3. The molecule has 4 aliphatic heterocycles. The van der Waals surface area contributed by atoms with Crippen LogP contribution in [-0.2, 0) is 15.9 Å². The van der Waals surface area contributed by atoms with Crippen LogP contribution in [0, 0.1) is 17.0 Å². The number of hydrogen-bond acceptors (Lipinski definition) is 11. The predicted molar refractivity (Wildman–Crippen MR) is 205 cm³/mol. The molecular weight excluding hydrogens is 713 g/mol. The van der Waals surface area contributed by atoms with Crippen molar-refractivity contribution in [3.05, 3.63) is 47.7 Å². The molecule has 4 saturated heterocycles. The second-order valence-corrected chi connectivity index (χ2v) is 18.1. The monoisotopic (exact) mass is 761 g/mol. The Kier molecular flexibility index (Phi) is 9.00. The van der Waals surface area contributed by atoms with E-state index in [4.69, 9.17) is 24.2 Å². The molecule has 3 unspecified atom stereocenters. The lowest BCUT2D eigenvalue weighted by Crippen LogP contribution is -2.59. The van der Waals surface area contributed by atoms with Gasteiger partial charge in [-0.2, -0.15) is 21.7 Å². The summed E-state index contributed by atoms with van der Waals surface area (Å²) in [5.41, 5.74) is -0.680. The quantitative estimate of drug-likeness (QED) is 0.191. The molecule has 6 heterocycles. The normalized spacial score (nSPS) is 31.1. The second-order valence-electron chi connectivity index (χ2n) is 16.8. The summed E-state index contributed by atoms with van der Waals surface area (Å²) in [6, 6.07) is 6.32. The van der Waals surface area contributed by atoms with Crippen LogP contribution >= 0.6 is 11.8 Å². The summed E-state index contributed by atoms with van der Waals surface area (Å²) in [5, 5.41) is 23.3. The fraction of sp³-hybridized carbons (Fsp3) is 0.585. The topological polar surface area (TPSA) is 113 Å². The van der Waals surface area contributed by atoms with Crippen LogP contribution in [0.25, 0.3) is 32.9 Å². The third-order valence-corrected chi connectivity index (χ3v) is 14.2. The van der Waals surface area contributed by atoms with Crippen LogP contribution in [0.2, 0.25) is 0 Å². The molecular formula is C41H49F2N5O5S. The molecule has 2 aromatic heterocycles. The number of pyridine rings is 1. The zero-order valence-electron chi connectivity index (χ0n) is 31.3. The lowest BCUT2D eigenvalue weighted by Gasteiger charge is -2.51. The van der Waals surface area contributed by atoms with Gasteiger partial charge in [0, 0.05) is 41.1 Å². The Morgan fingerprint density at radius 1 is 1.09 bits per heavy atom. The van der Waals surface area contributed by atoms with Gasteiger partial charge in [0.15, 0.2) is 5.82 Å². The van der Waals surface area contributed by atoms with Gasteiger partial charge < -0.3 is 29.3 Å². The number of ether oxygens (including phenoxy) is 3. The summed E-state index contributed by atoms with van der Waals surface area (Å²) in [6.07, 6.45) is 11.7. The van der Waals surface area contributed by atoms with Crippen LogP contribution in [0.4, 0.5) is 14.6 Å². The Labute approximate surface area is 318 Å². The molecule has 4 aromatic rings. The molecule has 288 valence electrons. The summed E-state index contributed by atoms with van der Waals surface area (Å²) in [5.74, 6) is -0.824. The van der Waals surface area contributed by atoms with E-state index in [0.29, 0.717) is 59.8 Å². The smallest absolute Gasteiger partial charge is 0.319 e. The minimum Gasteiger partial charge on any atom is -0.508 e. The highest BCUT2D eigenvalue weighted by Crippen LogP contribution is 2.59. The van der Waals surface area contributed by atoms with Crippen LogP contribution in [0.5, 0.6) is 11.8 Å². The fourth-order valence-corrected chi connectivity index (χ4v) is 11.5. The number of benzene rings is 2. The van der Waals surface area contributed by atoms with Crippen molar-refractivity contribution in [3.8, 4) is 23.0 Å². The molecule has 2 saturated carbocycles. The van der Waals surface area contributed by atoms with E-state index in [1.165, 1.54) is 18.3 Å². The lowest BCUT2D eigenvalue weighted by molar-refractivity contribution is -0.0708. The van der Waals surface area contributed by atoms with Gasteiger partial charge in [-0.05, 0) is 99.2 Å². The van der Waals surface area contributed by atoms with Gasteiger partial charge in [-0.25, -0.2) is 8.78 Å². The van der Waals surface area contributed by atoms with Gasteiger partial charge in [-0.1, -0.05) is 19.4 Å². The number of fused-ring (bicyclic) bond motifs is 4. The molecule has 0 radical (unpaired) electrons. The number of aliphatic hydroxyl groups is 1. The van der Waals surface area contributed by atoms with E-state index in [2.05, 4.69) is 16.1 Å². The van der Waals surface area contributed by atoms with Crippen molar-refractivity contribution in [2.24, 2.45) is 5.41 Å². The Hall–Kier alpha value is -3.36. The molecule has 6 aliphatic rings. The number of phenolic OH excluding ortho intramolecular Hbond substituents is 1. The number of β-amino-alcohol motifs (C(OH)–C–C–N with tert-alkyl or cyclic N) is 1. The molecule has 2 N–H and O–H groups in total. The van der Waals surface area contributed by atoms with E-state index in [1.807, 2.05) is 23.6 Å². The fourth-order valence-electron chi connectivity index (χ4n) is 10.5. The molecule has 0 amide bonds. The highest BCUT2D eigenvalue weighted by Gasteiger charge is 2.63. The SMILES string of the molecule is CCc1c(F)ccc2cc(O)cc(-c3ncc4c(N5CCOCC(C)(O)C5)nc(OCC56CCCC5N(CC57CC(SC)(CO5)C7)CCC6)nc4c3F)c12. The van der Waals surface area contributed by atoms with Gasteiger partial charge in [-0.3, -0.25) is 9.88 Å². The van der Waals surface area contributed by atoms with Crippen molar-refractivity contribution in [1.29, 1.82) is 0 Å². The van der Waals surface area contributed by atoms with E-state index in [0.717, 1.165) is 64.6 Å². The Morgan fingerprint density at radius 3 is 2.72 bits per heavy atom. The molecule has 54 heavy (non-hydrogen) atoms. The highest BCUT2D eigenvalue weighted by molar-refractivity contribution is 8.00. The minimum absolute atomic E-state index is 0.00115. The maximum absolute atomic E-state index is 17.2. The van der Waals surface area contributed by atoms with Crippen LogP contribution in [-0.4, -0.2) is 111 Å². The number of hydrogen-bond donors (Lipinski definition) is 2. The van der Waals surface area contributed by atoms with Gasteiger partial charge >= 0.3 is 6.01 Å². The van der Waals surface area contributed by atoms with Gasteiger partial charge in [0.25, 0.3) is 0 Å². The number of thioether (sulfide) groups is 1. The van der Waals surface area contributed by atoms with E-state index in [9.17, 15) is 10.2 Å². The second kappa shape index (κ2) is 13.4. The first-order valence-corrected chi connectivity index (χ1v) is 20.6. The number of rotatable bonds is 9. The van der Waals surface area contributed by atoms with Crippen molar-refractivity contribution >= 4 is 39.3 Å². The van der Waals surface area contributed by atoms with E-state index >= 15 is 8.78 Å². The number of aromatic hydroxyl groups is 1. The van der Waals surface area contributed by atoms with Gasteiger partial charge in [0.2, 0.25) is 0 Å². The third-order valence-electron chi connectivity index (χ3n) is 12.9. The molecule has 10 nitrogen and oxygen atoms in total. The molecule has 10 rings (SSSR count). The maximum Gasteiger partial charge on any atom is 0.319 e. The molecule has 3 atom stereocenters. The number of aryl methyl sites for hydroxylation is 1. The van der Waals surface area contributed by atoms with E-state index in [1.54, 1.807) is 19.1 Å². The van der Waals surface area contributed by atoms with Crippen LogP contribution in [0.1, 0.15) is 64.4 Å². The number of nitrogens with zero attached hydrogens (tertiary/aromatic N) is 5. The average molecular weight is 762 g/mol. The molecule has 2 aromatic carbocycles. The molecule has 0 spiro atoms. The minimum atomic E-state index is -1.18. The molecule has 2 bridgehead atoms. The molecule has 13 heteroatoms. The molecule has 2 aliphatic carbocycles. The van der Waals surface area contributed by atoms with Crippen LogP contribution in [0.15, 0.2) is 30.5 Å². The largest absolute Gasteiger partial charge is 0.508 e. The number of phenols is 1. The zero-order chi connectivity index (χ0) is 37.5. The summed E-state index contributed by atoms with van der Waals surface area (Å²) >= 11 is 1.94. The third kappa shape index (κ3) is 6.09. The van der Waals surface area contributed by atoms with Crippen molar-refractivity contribution in [3.63, 3.8) is 0 Å². The van der Waals surface area contributed by atoms with Crippen molar-refractivity contribution < 1.29 is 33.2 Å². The van der Waals surface area contributed by atoms with Gasteiger partial charge in [-0.15, -0.1) is 0 Å². The lowest BCUT2D eigenvalue weighted by atomic mass is 9.71. The summed E-state index contributed by atoms with van der Waals surface area (Å²) in [4.78, 5) is 18.8. The number of piperidine rings is 1. The first-order valence-electron chi connectivity index (χ1n) is 19.4. The van der Waals surface area contributed by atoms with Crippen LogP contribution in [0.3, 0.4) is 0 Å². The summed E-state index contributed by atoms with van der Waals surface area (Å²) in [7, 11) is 0. The first-order chi connectivity index (χ1) is 26.0. The number of aromatic nitrogens is 3. The average Bonchev–Trinajstić information content (AvgIpc) is 3.81. The number of halogens is 2. The van der Waals surface area contributed by atoms with Crippen LogP contribution < -0.4 is 9.64 Å². The Morgan fingerprint density at radius 2 is 1.93 bits per heavy atom. The Balaban J connectivity index is 1.10. The zero-order valence-corrected chi connectivity index (χ0v) is 32.1. The van der Waals surface area contributed by atoms with E-state index in [-0.39, 0.29) is 57.4 Å². The summed E-state index contributed by atoms with van der Waals surface area (Å²) in [6.45, 7) is 7.88. The van der Waals surface area contributed by atoms with Gasteiger partial charge in [0.1, 0.15) is 34.2 Å². The number of likely N-dealkylation sites (tertiary alicyclic amines) is 1. The van der Waals surface area contributed by atoms with E-state index < -0.39 is 17.2 Å². The summed E-state index contributed by atoms with van der Waals surface area (Å²) < 4.78 is 51.4. The van der Waals surface area contributed by atoms with Crippen molar-refractivity contribution in [1.82, 2.24) is 19.9 Å². The molecule has 6 fully saturated rings. The van der Waals surface area contributed by atoms with Crippen molar-refractivity contribution in [2.45, 2.75) is 87.2 Å². The highest BCUT2D eigenvalue weighted by atomic mass is 32.2. The van der Waals surface area contributed by atoms with Crippen molar-refractivity contribution in [2.75, 3.05) is 63.8 Å². The van der Waals surface area contributed by atoms with Gasteiger partial charge in [0.05, 0.1) is 44.0 Å². The maximum atomic E-state index is 17.2.